The second-order valence-electron chi connectivity index (χ2n) is 7.46. The molecule has 5 N–H and O–H groups in total. The largest absolute Gasteiger partial charge is 0.439 e. The number of pyridine rings is 1. The van der Waals surface area contributed by atoms with Crippen LogP contribution in [0.1, 0.15) is 5.56 Å². The lowest BCUT2D eigenvalue weighted by molar-refractivity contribution is 0.462. The fraction of sp³-hybridized carbons (Fsp3) is 0.167. The normalized spacial score (nSPS) is 15.4. The van der Waals surface area contributed by atoms with E-state index in [0.717, 1.165) is 22.6 Å². The number of aromatic nitrogens is 1. The van der Waals surface area contributed by atoms with Crippen LogP contribution in [0.25, 0.3) is 0 Å². The maximum atomic E-state index is 5.93. The molecule has 170 valence electrons. The third kappa shape index (κ3) is 5.74. The fourth-order valence-corrected chi connectivity index (χ4v) is 3.47. The lowest BCUT2D eigenvalue weighted by Crippen LogP contribution is -2.44. The van der Waals surface area contributed by atoms with Gasteiger partial charge in [-0.3, -0.25) is 5.32 Å². The molecular formula is C24H26ClN7O. The number of nitrogens with one attached hydrogen (secondary N) is 3. The molecular weight excluding hydrogens is 438 g/mol. The molecule has 9 heteroatoms. The van der Waals surface area contributed by atoms with E-state index in [-0.39, 0.29) is 6.29 Å². The molecule has 2 heterocycles. The highest BCUT2D eigenvalue weighted by atomic mass is 35.5. The third-order valence-electron chi connectivity index (χ3n) is 5.07. The maximum Gasteiger partial charge on any atom is 0.219 e. The first kappa shape index (κ1) is 22.4. The first-order chi connectivity index (χ1) is 16.0. The van der Waals surface area contributed by atoms with Crippen LogP contribution in [0, 0.1) is 0 Å². The van der Waals surface area contributed by atoms with Gasteiger partial charge in [0.25, 0.3) is 0 Å². The van der Waals surface area contributed by atoms with Crippen molar-refractivity contribution < 1.29 is 4.74 Å². The van der Waals surface area contributed by atoms with Gasteiger partial charge in [0, 0.05) is 32.9 Å². The highest BCUT2D eigenvalue weighted by Gasteiger charge is 2.25. The van der Waals surface area contributed by atoms with Gasteiger partial charge in [-0.2, -0.15) is 0 Å². The van der Waals surface area contributed by atoms with E-state index in [4.69, 9.17) is 22.1 Å². The van der Waals surface area contributed by atoms with E-state index in [2.05, 4.69) is 30.8 Å². The fourth-order valence-electron chi connectivity index (χ4n) is 3.36. The summed E-state index contributed by atoms with van der Waals surface area (Å²) in [5, 5.41) is 10.5. The first-order valence-electron chi connectivity index (χ1n) is 10.4. The maximum absolute atomic E-state index is 5.93. The summed E-state index contributed by atoms with van der Waals surface area (Å²) < 4.78 is 5.75. The molecule has 1 aliphatic rings. The summed E-state index contributed by atoms with van der Waals surface area (Å²) in [7, 11) is 3.85. The highest BCUT2D eigenvalue weighted by Crippen LogP contribution is 2.36. The van der Waals surface area contributed by atoms with E-state index in [1.807, 2.05) is 56.6 Å². The zero-order valence-corrected chi connectivity index (χ0v) is 19.2. The standard InChI is InChI=1S/C24H26ClN7O/c1-27-12-11-22(26)30-18-6-9-20-21(13-18)32(2)24(31-20)29-14-16-3-7-19(8-4-16)33-23-10-5-17(25)15-28-23/h3-13,15,24,27,29,31H,14H2,1-2H3,(H2,26,30)/b12-11-. The first-order valence-corrected chi connectivity index (χ1v) is 10.8. The Hall–Kier alpha value is -3.75. The summed E-state index contributed by atoms with van der Waals surface area (Å²) in [5.74, 6) is 1.66. The number of hydrogen-bond acceptors (Lipinski definition) is 7. The van der Waals surface area contributed by atoms with Gasteiger partial charge in [-0.25, -0.2) is 9.98 Å². The van der Waals surface area contributed by atoms with Crippen LogP contribution in [0.15, 0.2) is 78.1 Å². The van der Waals surface area contributed by atoms with Crippen molar-refractivity contribution in [2.75, 3.05) is 24.3 Å². The molecule has 0 bridgehead atoms. The number of fused-ring (bicyclic) bond motifs is 1. The number of nitrogens with two attached hydrogens (primary N) is 1. The van der Waals surface area contributed by atoms with Crippen molar-refractivity contribution in [3.8, 4) is 11.6 Å². The zero-order chi connectivity index (χ0) is 23.2. The van der Waals surface area contributed by atoms with E-state index in [1.165, 1.54) is 0 Å². The second kappa shape index (κ2) is 10.2. The molecule has 0 aliphatic carbocycles. The van der Waals surface area contributed by atoms with Gasteiger partial charge in [-0.15, -0.1) is 0 Å². The average Bonchev–Trinajstić information content (AvgIpc) is 3.14. The number of nitrogens with zero attached hydrogens (tertiary/aromatic N) is 3. The monoisotopic (exact) mass is 463 g/mol. The number of ether oxygens (including phenoxy) is 1. The molecule has 33 heavy (non-hydrogen) atoms. The van der Waals surface area contributed by atoms with Crippen molar-refractivity contribution in [3.63, 3.8) is 0 Å². The van der Waals surface area contributed by atoms with Crippen molar-refractivity contribution in [1.82, 2.24) is 15.6 Å². The van der Waals surface area contributed by atoms with Crippen molar-refractivity contribution in [2.24, 2.45) is 10.7 Å². The molecule has 2 aromatic carbocycles. The van der Waals surface area contributed by atoms with E-state index in [9.17, 15) is 0 Å². The van der Waals surface area contributed by atoms with Crippen LogP contribution in [0.2, 0.25) is 5.02 Å². The number of anilines is 2. The molecule has 0 spiro atoms. The van der Waals surface area contributed by atoms with Crippen LogP contribution >= 0.6 is 11.6 Å². The van der Waals surface area contributed by atoms with E-state index in [0.29, 0.717) is 29.0 Å². The third-order valence-corrected chi connectivity index (χ3v) is 5.29. The smallest absolute Gasteiger partial charge is 0.219 e. The molecule has 0 fully saturated rings. The quantitative estimate of drug-likeness (QED) is 0.293. The van der Waals surface area contributed by atoms with Crippen molar-refractivity contribution in [3.05, 3.63) is 83.7 Å². The van der Waals surface area contributed by atoms with Crippen LogP contribution in [-0.2, 0) is 6.54 Å². The Morgan fingerprint density at radius 3 is 2.79 bits per heavy atom. The molecule has 1 aliphatic heterocycles. The predicted octanol–water partition coefficient (Wildman–Crippen LogP) is 4.18. The Morgan fingerprint density at radius 2 is 2.06 bits per heavy atom. The second-order valence-corrected chi connectivity index (χ2v) is 7.90. The molecule has 0 radical (unpaired) electrons. The molecule has 3 aromatic rings. The zero-order valence-electron chi connectivity index (χ0n) is 18.4. The highest BCUT2D eigenvalue weighted by molar-refractivity contribution is 6.30. The Kier molecular flexibility index (Phi) is 6.97. The van der Waals surface area contributed by atoms with Gasteiger partial charge in [0.05, 0.1) is 22.1 Å². The molecule has 0 amide bonds. The molecule has 1 unspecified atom stereocenters. The van der Waals surface area contributed by atoms with Crippen molar-refractivity contribution in [1.29, 1.82) is 0 Å². The summed E-state index contributed by atoms with van der Waals surface area (Å²) in [6.07, 6.45) is 4.98. The van der Waals surface area contributed by atoms with Crippen LogP contribution in [-0.4, -0.2) is 31.2 Å². The molecule has 1 aromatic heterocycles. The number of aliphatic imine (C=N–C) groups is 1. The van der Waals surface area contributed by atoms with Gasteiger partial charge in [0.2, 0.25) is 5.88 Å². The minimum Gasteiger partial charge on any atom is -0.439 e. The molecule has 8 nitrogen and oxygen atoms in total. The predicted molar refractivity (Wildman–Crippen MR) is 134 cm³/mol. The van der Waals surface area contributed by atoms with Gasteiger partial charge in [0.1, 0.15) is 11.6 Å². The molecule has 1 atom stereocenters. The van der Waals surface area contributed by atoms with Gasteiger partial charge in [-0.1, -0.05) is 23.7 Å². The Balaban J connectivity index is 1.34. The van der Waals surface area contributed by atoms with Crippen molar-refractivity contribution >= 4 is 34.5 Å². The van der Waals surface area contributed by atoms with Crippen LogP contribution in [0.5, 0.6) is 11.6 Å². The summed E-state index contributed by atoms with van der Waals surface area (Å²) in [5.41, 5.74) is 9.96. The van der Waals surface area contributed by atoms with E-state index in [1.54, 1.807) is 30.6 Å². The van der Waals surface area contributed by atoms with Gasteiger partial charge in [-0.05, 0) is 54.2 Å². The minimum atomic E-state index is -0.0463. The minimum absolute atomic E-state index is 0.0463. The lowest BCUT2D eigenvalue weighted by atomic mass is 10.2. The lowest BCUT2D eigenvalue weighted by Gasteiger charge is -2.23. The van der Waals surface area contributed by atoms with Crippen molar-refractivity contribution in [2.45, 2.75) is 12.8 Å². The van der Waals surface area contributed by atoms with Crippen LogP contribution in [0.3, 0.4) is 0 Å². The summed E-state index contributed by atoms with van der Waals surface area (Å²) in [6.45, 7) is 0.683. The van der Waals surface area contributed by atoms with Crippen LogP contribution < -0.4 is 31.3 Å². The van der Waals surface area contributed by atoms with E-state index >= 15 is 0 Å². The molecule has 4 rings (SSSR count). The molecule has 0 saturated carbocycles. The number of rotatable bonds is 8. The Bertz CT molecular complexity index is 1150. The number of amidine groups is 1. The van der Waals surface area contributed by atoms with Gasteiger partial charge in [0.15, 0.2) is 6.29 Å². The van der Waals surface area contributed by atoms with Gasteiger partial charge >= 0.3 is 0 Å². The SMILES string of the molecule is CN/C=C\C(N)=Nc1ccc2c(c1)N(C)C(NCc1ccc(Oc3ccc(Cl)cn3)cc1)N2. The summed E-state index contributed by atoms with van der Waals surface area (Å²) >= 11 is 5.86. The Morgan fingerprint density at radius 1 is 1.24 bits per heavy atom. The molecule has 0 saturated heterocycles. The topological polar surface area (TPSA) is 99.8 Å². The summed E-state index contributed by atoms with van der Waals surface area (Å²) in [4.78, 5) is 10.7. The number of hydrogen-bond donors (Lipinski definition) is 4. The number of benzene rings is 2. The average molecular weight is 464 g/mol. The summed E-state index contributed by atoms with van der Waals surface area (Å²) in [6, 6.07) is 17.3. The van der Waals surface area contributed by atoms with E-state index < -0.39 is 0 Å². The number of halogens is 1. The van der Waals surface area contributed by atoms with Crippen LogP contribution in [0.4, 0.5) is 17.1 Å². The Labute approximate surface area is 198 Å². The van der Waals surface area contributed by atoms with Gasteiger partial charge < -0.3 is 26.0 Å².